The number of amides is 1. The zero-order valence-corrected chi connectivity index (χ0v) is 25.9. The van der Waals surface area contributed by atoms with Gasteiger partial charge in [-0.3, -0.25) is 0 Å². The van der Waals surface area contributed by atoms with E-state index in [-0.39, 0.29) is 12.5 Å². The zero-order chi connectivity index (χ0) is 31.6. The van der Waals surface area contributed by atoms with Crippen LogP contribution < -0.4 is 10.1 Å². The van der Waals surface area contributed by atoms with Crippen LogP contribution in [0, 0.1) is 12.8 Å². The quantitative estimate of drug-likeness (QED) is 0.168. The normalized spacial score (nSPS) is 13.2. The number of hydrogen-bond acceptors (Lipinski definition) is 7. The molecule has 0 fully saturated rings. The number of ether oxygens (including phenoxy) is 3. The molecule has 0 radical (unpaired) electrons. The molecule has 9 heteroatoms. The molecule has 1 amide bonds. The fourth-order valence-electron chi connectivity index (χ4n) is 4.67. The summed E-state index contributed by atoms with van der Waals surface area (Å²) in [5.74, 6) is -0.0312. The molecule has 0 spiro atoms. The van der Waals surface area contributed by atoms with Crippen LogP contribution in [0.2, 0.25) is 0 Å². The van der Waals surface area contributed by atoms with Gasteiger partial charge in [-0.25, -0.2) is 14.3 Å². The molecule has 2 N–H and O–H groups in total. The van der Waals surface area contributed by atoms with Gasteiger partial charge in [0.2, 0.25) is 0 Å². The number of methoxy groups -OCH3 is 1. The van der Waals surface area contributed by atoms with Gasteiger partial charge in [0, 0.05) is 5.56 Å². The van der Waals surface area contributed by atoms with Gasteiger partial charge in [0.15, 0.2) is 0 Å². The summed E-state index contributed by atoms with van der Waals surface area (Å²) >= 11 is 0. The number of aliphatic hydroxyl groups is 1. The van der Waals surface area contributed by atoms with Crippen molar-refractivity contribution >= 4 is 12.1 Å². The summed E-state index contributed by atoms with van der Waals surface area (Å²) in [5, 5.41) is 18.5. The van der Waals surface area contributed by atoms with E-state index >= 15 is 0 Å². The summed E-state index contributed by atoms with van der Waals surface area (Å²) in [4.78, 5) is 25.4. The third-order valence-electron chi connectivity index (χ3n) is 7.30. The van der Waals surface area contributed by atoms with E-state index in [0.29, 0.717) is 18.5 Å². The highest BCUT2D eigenvalue weighted by Gasteiger charge is 2.28. The lowest BCUT2D eigenvalue weighted by Crippen LogP contribution is -2.46. The number of aliphatic hydroxyl groups excluding tert-OH is 1. The molecule has 1 aromatic heterocycles. The molecule has 4 aromatic rings. The Labute approximate surface area is 258 Å². The van der Waals surface area contributed by atoms with Crippen LogP contribution in [0.15, 0.2) is 84.9 Å². The molecule has 44 heavy (non-hydrogen) atoms. The second-order valence-corrected chi connectivity index (χ2v) is 11.2. The van der Waals surface area contributed by atoms with E-state index in [2.05, 4.69) is 5.32 Å². The minimum absolute atomic E-state index is 0.0979. The molecule has 3 atom stereocenters. The van der Waals surface area contributed by atoms with E-state index in [1.165, 1.54) is 0 Å². The van der Waals surface area contributed by atoms with Gasteiger partial charge in [-0.05, 0) is 68.5 Å². The van der Waals surface area contributed by atoms with Crippen molar-refractivity contribution in [2.45, 2.75) is 65.4 Å². The van der Waals surface area contributed by atoms with Crippen molar-refractivity contribution in [2.24, 2.45) is 5.92 Å². The van der Waals surface area contributed by atoms with Crippen LogP contribution in [-0.2, 0) is 20.9 Å². The number of carbonyl (C=O) groups is 2. The lowest BCUT2D eigenvalue weighted by atomic mass is 10.0. The largest absolute Gasteiger partial charge is 0.497 e. The van der Waals surface area contributed by atoms with E-state index in [1.807, 2.05) is 110 Å². The number of alkyl carbamates (subject to hydrolysis) is 1. The van der Waals surface area contributed by atoms with Gasteiger partial charge in [-0.15, -0.1) is 0 Å². The van der Waals surface area contributed by atoms with Crippen LogP contribution in [0.4, 0.5) is 4.79 Å². The average Bonchev–Trinajstić information content (AvgIpc) is 3.48. The Bertz CT molecular complexity index is 1500. The van der Waals surface area contributed by atoms with Crippen LogP contribution in [0.25, 0.3) is 16.9 Å². The van der Waals surface area contributed by atoms with Crippen molar-refractivity contribution in [3.05, 3.63) is 102 Å². The minimum atomic E-state index is -0.883. The third kappa shape index (κ3) is 8.70. The molecule has 0 aliphatic heterocycles. The first-order valence-corrected chi connectivity index (χ1v) is 14.8. The molecule has 3 aromatic carbocycles. The Morgan fingerprint density at radius 3 is 2.25 bits per heavy atom. The highest BCUT2D eigenvalue weighted by molar-refractivity contribution is 5.81. The Morgan fingerprint density at radius 1 is 0.932 bits per heavy atom. The number of rotatable bonds is 13. The molecular weight excluding hydrogens is 558 g/mol. The highest BCUT2D eigenvalue weighted by Crippen LogP contribution is 2.29. The monoisotopic (exact) mass is 599 g/mol. The summed E-state index contributed by atoms with van der Waals surface area (Å²) in [6, 6.07) is 26.0. The average molecular weight is 600 g/mol. The topological polar surface area (TPSA) is 112 Å². The molecule has 0 bridgehead atoms. The SMILES string of the molecule is COc1ccc(-n2nc(C(O)CCC(C)OC(=O)[C@@H](NC(=O)OCc3ccccc3)C(C)C)cc2-c2ccc(C)cc2)cc1. The van der Waals surface area contributed by atoms with E-state index in [9.17, 15) is 14.7 Å². The van der Waals surface area contributed by atoms with Gasteiger partial charge in [0.25, 0.3) is 0 Å². The van der Waals surface area contributed by atoms with Crippen LogP contribution in [0.3, 0.4) is 0 Å². The van der Waals surface area contributed by atoms with Crippen LogP contribution in [0.5, 0.6) is 5.75 Å². The first-order chi connectivity index (χ1) is 21.1. The van der Waals surface area contributed by atoms with Crippen molar-refractivity contribution in [1.29, 1.82) is 0 Å². The van der Waals surface area contributed by atoms with Gasteiger partial charge in [-0.1, -0.05) is 74.0 Å². The molecule has 9 nitrogen and oxygen atoms in total. The van der Waals surface area contributed by atoms with Crippen LogP contribution >= 0.6 is 0 Å². The Morgan fingerprint density at radius 2 is 1.61 bits per heavy atom. The smallest absolute Gasteiger partial charge is 0.408 e. The van der Waals surface area contributed by atoms with Crippen LogP contribution in [0.1, 0.15) is 56.5 Å². The second-order valence-electron chi connectivity index (χ2n) is 11.2. The lowest BCUT2D eigenvalue weighted by Gasteiger charge is -2.23. The van der Waals surface area contributed by atoms with E-state index < -0.39 is 30.3 Å². The molecule has 0 aliphatic carbocycles. The number of nitrogens with one attached hydrogen (secondary N) is 1. The fraction of sp³-hybridized carbons (Fsp3) is 0.343. The van der Waals surface area contributed by atoms with Crippen LogP contribution in [-0.4, -0.2) is 46.2 Å². The van der Waals surface area contributed by atoms with E-state index in [0.717, 1.165) is 33.8 Å². The molecule has 0 aliphatic rings. The minimum Gasteiger partial charge on any atom is -0.497 e. The molecule has 0 saturated heterocycles. The maximum Gasteiger partial charge on any atom is 0.408 e. The molecule has 232 valence electrons. The van der Waals surface area contributed by atoms with Gasteiger partial charge in [0.05, 0.1) is 36.4 Å². The van der Waals surface area contributed by atoms with Crippen molar-refractivity contribution in [2.75, 3.05) is 7.11 Å². The summed E-state index contributed by atoms with van der Waals surface area (Å²) in [6.07, 6.45) is -1.36. The number of esters is 1. The van der Waals surface area contributed by atoms with Crippen molar-refractivity contribution < 1.29 is 28.9 Å². The number of aromatic nitrogens is 2. The zero-order valence-electron chi connectivity index (χ0n) is 25.9. The second kappa shape index (κ2) is 15.2. The van der Waals surface area contributed by atoms with Gasteiger partial charge < -0.3 is 24.6 Å². The standard InChI is InChI=1S/C35H41N3O6/c1-23(2)33(36-35(41)43-22-26-9-7-6-8-10-26)34(40)44-25(4)13-20-32(39)30-21-31(27-14-11-24(3)12-15-27)38(37-30)28-16-18-29(42-5)19-17-28/h6-12,14-19,21,23,25,32-33,39H,13,20,22H2,1-5H3,(H,36,41)/t25?,32?,33-/m0/s1. The predicted octanol–water partition coefficient (Wildman–Crippen LogP) is 6.55. The Hall–Kier alpha value is -4.63. The predicted molar refractivity (Wildman–Crippen MR) is 168 cm³/mol. The van der Waals surface area contributed by atoms with Gasteiger partial charge >= 0.3 is 12.1 Å². The maximum atomic E-state index is 13.0. The van der Waals surface area contributed by atoms with E-state index in [4.69, 9.17) is 19.3 Å². The number of carbonyl (C=O) groups excluding carboxylic acids is 2. The Kier molecular flexibility index (Phi) is 11.2. The first kappa shape index (κ1) is 32.3. The highest BCUT2D eigenvalue weighted by atomic mass is 16.6. The summed E-state index contributed by atoms with van der Waals surface area (Å²) in [7, 11) is 1.62. The van der Waals surface area contributed by atoms with Gasteiger partial charge in [-0.2, -0.15) is 5.10 Å². The van der Waals surface area contributed by atoms with Crippen molar-refractivity contribution in [1.82, 2.24) is 15.1 Å². The summed E-state index contributed by atoms with van der Waals surface area (Å²) < 4.78 is 18.1. The molecular formula is C35H41N3O6. The Balaban J connectivity index is 1.38. The number of nitrogens with zero attached hydrogens (tertiary/aromatic N) is 2. The first-order valence-electron chi connectivity index (χ1n) is 14.8. The molecule has 0 saturated carbocycles. The van der Waals surface area contributed by atoms with Crippen molar-refractivity contribution in [3.63, 3.8) is 0 Å². The maximum absolute atomic E-state index is 13.0. The molecule has 2 unspecified atom stereocenters. The summed E-state index contributed by atoms with van der Waals surface area (Å²) in [5.41, 5.74) is 5.14. The molecule has 4 rings (SSSR count). The lowest BCUT2D eigenvalue weighted by molar-refractivity contribution is -0.152. The van der Waals surface area contributed by atoms with Crippen molar-refractivity contribution in [3.8, 4) is 22.7 Å². The number of aryl methyl sites for hydroxylation is 1. The van der Waals surface area contributed by atoms with E-state index in [1.54, 1.807) is 14.0 Å². The van der Waals surface area contributed by atoms with Gasteiger partial charge in [0.1, 0.15) is 18.4 Å². The number of benzene rings is 3. The summed E-state index contributed by atoms with van der Waals surface area (Å²) in [6.45, 7) is 7.54. The molecule has 1 heterocycles. The third-order valence-corrected chi connectivity index (χ3v) is 7.30. The fourth-order valence-corrected chi connectivity index (χ4v) is 4.67. The number of hydrogen-bond donors (Lipinski definition) is 2.